The summed E-state index contributed by atoms with van der Waals surface area (Å²) in [6.07, 6.45) is 12.7. The molecule has 13 heteroatoms. The van der Waals surface area contributed by atoms with Crippen LogP contribution in [0.5, 0.6) is 0 Å². The highest BCUT2D eigenvalue weighted by Crippen LogP contribution is 2.43. The van der Waals surface area contributed by atoms with Crippen molar-refractivity contribution in [2.45, 2.75) is 140 Å². The first-order valence-electron chi connectivity index (χ1n) is 24.5. The topological polar surface area (TPSA) is 174 Å². The maximum atomic E-state index is 14.3. The van der Waals surface area contributed by atoms with Gasteiger partial charge in [-0.1, -0.05) is 132 Å². The minimum absolute atomic E-state index is 0.00118. The molecule has 0 bridgehead atoms. The van der Waals surface area contributed by atoms with Gasteiger partial charge in [-0.3, -0.25) is 38.5 Å². The molecule has 2 heterocycles. The molecular formula is C53H68N6O7. The van der Waals surface area contributed by atoms with Crippen molar-refractivity contribution in [1.29, 1.82) is 0 Å². The number of carbonyl (C=O) groups excluding carboxylic acids is 7. The Bertz CT molecular complexity index is 2160. The van der Waals surface area contributed by atoms with Crippen LogP contribution < -0.4 is 21.3 Å². The number of rotatable bonds is 24. The lowest BCUT2D eigenvalue weighted by molar-refractivity contribution is -0.133. The molecule has 7 atom stereocenters. The second kappa shape index (κ2) is 22.1. The second-order valence-corrected chi connectivity index (χ2v) is 19.2. The standard InChI is InChI=1S/C53H68N6O7/c1-4-6-8-10-11-12-19-25-46(60)57-53(3,52(66)54-28-20-9-7-5-2)34-59-50(64)38-27-26-37(29-41(38)51(59)65)49(63)58-32-42(47(61)55-44-30-39(44)35-21-15-13-16-22-35)43(33-58)48(62)56-45-31-40(45)36-23-17-14-18-24-36/h13-18,21-24,26-27,29,39-40,42-45H,4-12,19-20,25,28,30-34H2,1-3H3,(H,54,66)(H,55,61)(H,56,62)(H,57,60)/t39-,40-,42-,43-,44+,45+,53-/m1/s1. The molecule has 7 amide bonds. The van der Waals surface area contributed by atoms with Crippen LogP contribution in [-0.4, -0.2) is 95.0 Å². The molecule has 2 saturated carbocycles. The van der Waals surface area contributed by atoms with Crippen LogP contribution in [0.25, 0.3) is 0 Å². The van der Waals surface area contributed by atoms with Gasteiger partial charge in [0.05, 0.1) is 29.5 Å². The number of hydrogen-bond acceptors (Lipinski definition) is 7. The fraction of sp³-hybridized carbons (Fsp3) is 0.528. The van der Waals surface area contributed by atoms with Crippen molar-refractivity contribution in [3.8, 4) is 0 Å². The quantitative estimate of drug-likeness (QED) is 0.0552. The number of carbonyl (C=O) groups is 7. The van der Waals surface area contributed by atoms with Gasteiger partial charge in [-0.05, 0) is 61.9 Å². The molecule has 2 aliphatic heterocycles. The highest BCUT2D eigenvalue weighted by atomic mass is 16.2. The van der Waals surface area contributed by atoms with E-state index in [1.807, 2.05) is 60.7 Å². The first-order valence-corrected chi connectivity index (χ1v) is 24.5. The lowest BCUT2D eigenvalue weighted by Crippen LogP contribution is -2.63. The second-order valence-electron chi connectivity index (χ2n) is 19.2. The molecule has 4 N–H and O–H groups in total. The van der Waals surface area contributed by atoms with Crippen molar-refractivity contribution in [3.63, 3.8) is 0 Å². The van der Waals surface area contributed by atoms with Gasteiger partial charge >= 0.3 is 0 Å². The van der Waals surface area contributed by atoms with Crippen molar-refractivity contribution in [2.24, 2.45) is 11.8 Å². The summed E-state index contributed by atoms with van der Waals surface area (Å²) in [4.78, 5) is 100. The van der Waals surface area contributed by atoms with Crippen LogP contribution in [0.1, 0.15) is 165 Å². The zero-order chi connectivity index (χ0) is 46.8. The molecule has 0 radical (unpaired) electrons. The Morgan fingerprint density at radius 2 is 1.15 bits per heavy atom. The highest BCUT2D eigenvalue weighted by Gasteiger charge is 2.50. The maximum Gasteiger partial charge on any atom is 0.261 e. The summed E-state index contributed by atoms with van der Waals surface area (Å²) >= 11 is 0. The molecule has 3 aromatic carbocycles. The van der Waals surface area contributed by atoms with Crippen LogP contribution in [0.3, 0.4) is 0 Å². The molecule has 66 heavy (non-hydrogen) atoms. The van der Waals surface area contributed by atoms with Crippen molar-refractivity contribution in [1.82, 2.24) is 31.1 Å². The third-order valence-electron chi connectivity index (χ3n) is 13.9. The normalized spacial score (nSPS) is 22.6. The summed E-state index contributed by atoms with van der Waals surface area (Å²) in [6.45, 7) is 5.80. The number of unbranched alkanes of at least 4 members (excludes halogenated alkanes) is 9. The lowest BCUT2D eigenvalue weighted by atomic mass is 9.94. The van der Waals surface area contributed by atoms with E-state index in [1.165, 1.54) is 42.9 Å². The molecule has 3 fully saturated rings. The molecule has 13 nitrogen and oxygen atoms in total. The first kappa shape index (κ1) is 48.1. The van der Waals surface area contributed by atoms with Gasteiger partial charge in [0.2, 0.25) is 23.6 Å². The monoisotopic (exact) mass is 901 g/mol. The number of amides is 7. The van der Waals surface area contributed by atoms with Gasteiger partial charge in [-0.15, -0.1) is 0 Å². The van der Waals surface area contributed by atoms with Crippen molar-refractivity contribution in [2.75, 3.05) is 26.2 Å². The van der Waals surface area contributed by atoms with Gasteiger partial charge in [0.1, 0.15) is 5.54 Å². The van der Waals surface area contributed by atoms with Gasteiger partial charge in [0.15, 0.2) is 0 Å². The Morgan fingerprint density at radius 1 is 0.636 bits per heavy atom. The highest BCUT2D eigenvalue weighted by molar-refractivity contribution is 6.22. The summed E-state index contributed by atoms with van der Waals surface area (Å²) < 4.78 is 0. The summed E-state index contributed by atoms with van der Waals surface area (Å²) in [5.74, 6) is -4.41. The third kappa shape index (κ3) is 11.7. The minimum Gasteiger partial charge on any atom is -0.354 e. The van der Waals surface area contributed by atoms with Gasteiger partial charge in [0.25, 0.3) is 17.7 Å². The van der Waals surface area contributed by atoms with E-state index in [9.17, 15) is 33.6 Å². The Hall–Kier alpha value is -5.85. The van der Waals surface area contributed by atoms with Gasteiger partial charge in [-0.2, -0.15) is 0 Å². The van der Waals surface area contributed by atoms with Crippen molar-refractivity contribution in [3.05, 3.63) is 107 Å². The average molecular weight is 901 g/mol. The SMILES string of the molecule is CCCCCCCCCC(=O)N[C@](C)(CN1C(=O)c2ccc(C(=O)N3C[C@@H](C(=O)N[C@H]4C[C@@H]4c4ccccc4)[C@H](C(=O)N[C@H]4C[C@@H]4c4ccccc4)C3)cc2C1=O)C(=O)NCCCCCC. The molecule has 7 rings (SSSR count). The van der Waals surface area contributed by atoms with Crippen LogP contribution in [0.2, 0.25) is 0 Å². The number of fused-ring (bicyclic) bond motifs is 1. The molecule has 0 spiro atoms. The van der Waals surface area contributed by atoms with Crippen LogP contribution >= 0.6 is 0 Å². The van der Waals surface area contributed by atoms with Crippen molar-refractivity contribution >= 4 is 41.4 Å². The predicted octanol–water partition coefficient (Wildman–Crippen LogP) is 7.03. The molecule has 1 saturated heterocycles. The third-order valence-corrected chi connectivity index (χ3v) is 13.9. The molecule has 3 aromatic rings. The fourth-order valence-corrected chi connectivity index (χ4v) is 9.72. The zero-order valence-electron chi connectivity index (χ0n) is 38.9. The fourth-order valence-electron chi connectivity index (χ4n) is 9.72. The van der Waals surface area contributed by atoms with E-state index >= 15 is 0 Å². The minimum atomic E-state index is -1.61. The summed E-state index contributed by atoms with van der Waals surface area (Å²) in [6, 6.07) is 24.1. The van der Waals surface area contributed by atoms with E-state index in [0.29, 0.717) is 13.0 Å². The van der Waals surface area contributed by atoms with Crippen LogP contribution in [-0.2, 0) is 19.2 Å². The van der Waals surface area contributed by atoms with Crippen LogP contribution in [0, 0.1) is 11.8 Å². The van der Waals surface area contributed by atoms with E-state index in [-0.39, 0.29) is 77.8 Å². The van der Waals surface area contributed by atoms with E-state index < -0.39 is 47.5 Å². The molecule has 4 aliphatic rings. The Morgan fingerprint density at radius 3 is 1.71 bits per heavy atom. The summed E-state index contributed by atoms with van der Waals surface area (Å²) in [5.41, 5.74) is 0.881. The number of likely N-dealkylation sites (tertiary alicyclic amines) is 1. The van der Waals surface area contributed by atoms with E-state index in [1.54, 1.807) is 0 Å². The number of nitrogens with zero attached hydrogens (tertiary/aromatic N) is 2. The Labute approximate surface area is 389 Å². The maximum absolute atomic E-state index is 14.3. The summed E-state index contributed by atoms with van der Waals surface area (Å²) in [7, 11) is 0. The van der Waals surface area contributed by atoms with E-state index in [0.717, 1.165) is 80.2 Å². The molecule has 352 valence electrons. The van der Waals surface area contributed by atoms with Gasteiger partial charge < -0.3 is 26.2 Å². The average Bonchev–Trinajstić information content (AvgIpc) is 4.22. The van der Waals surface area contributed by atoms with Gasteiger partial charge in [-0.25, -0.2) is 0 Å². The van der Waals surface area contributed by atoms with Crippen LogP contribution in [0.4, 0.5) is 0 Å². The van der Waals surface area contributed by atoms with Gasteiger partial charge in [0, 0.05) is 55.5 Å². The van der Waals surface area contributed by atoms with Crippen molar-refractivity contribution < 1.29 is 33.6 Å². The smallest absolute Gasteiger partial charge is 0.261 e. The number of benzene rings is 3. The first-order chi connectivity index (χ1) is 31.9. The Balaban J connectivity index is 1.03. The lowest BCUT2D eigenvalue weighted by Gasteiger charge is -2.32. The summed E-state index contributed by atoms with van der Waals surface area (Å²) in [5, 5.41) is 12.1. The van der Waals surface area contributed by atoms with E-state index in [2.05, 4.69) is 35.1 Å². The predicted molar refractivity (Wildman–Crippen MR) is 252 cm³/mol. The molecule has 0 unspecified atom stereocenters. The molecule has 2 aliphatic carbocycles. The number of nitrogens with one attached hydrogen (secondary N) is 4. The number of imide groups is 1. The zero-order valence-corrected chi connectivity index (χ0v) is 38.9. The number of hydrogen-bond donors (Lipinski definition) is 4. The molecular weight excluding hydrogens is 833 g/mol. The van der Waals surface area contributed by atoms with Crippen LogP contribution in [0.15, 0.2) is 78.9 Å². The Kier molecular flexibility index (Phi) is 16.1. The van der Waals surface area contributed by atoms with E-state index in [4.69, 9.17) is 0 Å². The molecule has 0 aromatic heterocycles. The largest absolute Gasteiger partial charge is 0.354 e.